The first-order chi connectivity index (χ1) is 13.5. The number of nitrogens with zero attached hydrogens (tertiary/aromatic N) is 1. The number of carboxylic acid groups (broad SMARTS) is 1. The van der Waals surface area contributed by atoms with Crippen molar-refractivity contribution in [3.63, 3.8) is 0 Å². The molecular weight excluding hydrogens is 399 g/mol. The number of carboxylic acids is 1. The number of hydrogen-bond acceptors (Lipinski definition) is 3. The monoisotopic (exact) mass is 422 g/mol. The van der Waals surface area contributed by atoms with Crippen LogP contribution in [0.15, 0.2) is 54.6 Å². The van der Waals surface area contributed by atoms with E-state index in [0.29, 0.717) is 24.8 Å². The van der Waals surface area contributed by atoms with Gasteiger partial charge in [-0.15, -0.1) is 23.2 Å². The number of benzene rings is 2. The largest absolute Gasteiger partial charge is 0.480 e. The van der Waals surface area contributed by atoms with Gasteiger partial charge in [0.2, 0.25) is 5.91 Å². The summed E-state index contributed by atoms with van der Waals surface area (Å²) in [4.78, 5) is 25.9. The molecule has 0 aromatic heterocycles. The Bertz CT molecular complexity index is 748. The van der Waals surface area contributed by atoms with Crippen molar-refractivity contribution >= 4 is 40.8 Å². The minimum absolute atomic E-state index is 0.148. The predicted molar refractivity (Wildman–Crippen MR) is 114 cm³/mol. The van der Waals surface area contributed by atoms with Gasteiger partial charge in [-0.3, -0.25) is 4.79 Å². The third-order valence-corrected chi connectivity index (χ3v) is 4.63. The second kappa shape index (κ2) is 11.6. The smallest absolute Gasteiger partial charge is 0.326 e. The molecule has 0 unspecified atom stereocenters. The summed E-state index contributed by atoms with van der Waals surface area (Å²) in [6.45, 7) is 1.36. The average molecular weight is 423 g/mol. The van der Waals surface area contributed by atoms with Crippen LogP contribution in [0.4, 0.5) is 5.69 Å². The van der Waals surface area contributed by atoms with E-state index in [1.165, 1.54) is 0 Å². The SMILES string of the molecule is O=C(Cc1ccccc1)N[C@@H](Cc1ccc(N(CCCl)CCCl)cc1)C(=O)O. The van der Waals surface area contributed by atoms with Crippen LogP contribution in [0.25, 0.3) is 0 Å². The highest BCUT2D eigenvalue weighted by atomic mass is 35.5. The van der Waals surface area contributed by atoms with E-state index in [-0.39, 0.29) is 18.7 Å². The van der Waals surface area contributed by atoms with Crippen molar-refractivity contribution in [2.24, 2.45) is 0 Å². The summed E-state index contributed by atoms with van der Waals surface area (Å²) >= 11 is 11.7. The molecule has 0 aliphatic heterocycles. The lowest BCUT2D eigenvalue weighted by atomic mass is 10.0. The van der Waals surface area contributed by atoms with E-state index in [4.69, 9.17) is 23.2 Å². The summed E-state index contributed by atoms with van der Waals surface area (Å²) < 4.78 is 0. The summed E-state index contributed by atoms with van der Waals surface area (Å²) in [6, 6.07) is 15.8. The van der Waals surface area contributed by atoms with E-state index in [2.05, 4.69) is 10.2 Å². The normalized spacial score (nSPS) is 11.6. The maximum absolute atomic E-state index is 12.2. The van der Waals surface area contributed by atoms with Crippen LogP contribution in [0.2, 0.25) is 0 Å². The Balaban J connectivity index is 1.99. The molecule has 0 fully saturated rings. The molecule has 2 rings (SSSR count). The van der Waals surface area contributed by atoms with E-state index in [0.717, 1.165) is 16.8 Å². The van der Waals surface area contributed by atoms with Crippen molar-refractivity contribution in [1.82, 2.24) is 5.32 Å². The van der Waals surface area contributed by atoms with Gasteiger partial charge < -0.3 is 15.3 Å². The van der Waals surface area contributed by atoms with E-state index >= 15 is 0 Å². The standard InChI is InChI=1S/C21H24Cl2N2O3/c22-10-12-25(13-11-23)18-8-6-17(7-9-18)14-19(21(27)28)24-20(26)15-16-4-2-1-3-5-16/h1-9,19H,10-15H2,(H,24,26)(H,27,28)/t19-/m0/s1. The number of anilines is 1. The molecule has 5 nitrogen and oxygen atoms in total. The lowest BCUT2D eigenvalue weighted by Crippen LogP contribution is -2.43. The second-order valence-corrected chi connectivity index (χ2v) is 7.11. The number of hydrogen-bond donors (Lipinski definition) is 2. The van der Waals surface area contributed by atoms with Crippen molar-refractivity contribution in [3.05, 3.63) is 65.7 Å². The van der Waals surface area contributed by atoms with Gasteiger partial charge in [0.15, 0.2) is 0 Å². The molecule has 1 atom stereocenters. The number of carbonyl (C=O) groups is 2. The van der Waals surface area contributed by atoms with Crippen LogP contribution in [0, 0.1) is 0 Å². The molecule has 0 heterocycles. The summed E-state index contributed by atoms with van der Waals surface area (Å²) in [5.74, 6) is -0.387. The third kappa shape index (κ3) is 7.06. The van der Waals surface area contributed by atoms with Gasteiger partial charge in [-0.1, -0.05) is 42.5 Å². The van der Waals surface area contributed by atoms with Crippen LogP contribution in [-0.4, -0.2) is 47.9 Å². The highest BCUT2D eigenvalue weighted by Gasteiger charge is 2.20. The average Bonchev–Trinajstić information content (AvgIpc) is 2.68. The Morgan fingerprint density at radius 2 is 1.54 bits per heavy atom. The van der Waals surface area contributed by atoms with E-state index in [1.807, 2.05) is 54.6 Å². The molecule has 7 heteroatoms. The Kier molecular flexibility index (Phi) is 9.11. The number of amides is 1. The summed E-state index contributed by atoms with van der Waals surface area (Å²) in [5, 5.41) is 12.1. The second-order valence-electron chi connectivity index (χ2n) is 6.36. The van der Waals surface area contributed by atoms with Gasteiger partial charge in [-0.05, 0) is 23.3 Å². The fourth-order valence-electron chi connectivity index (χ4n) is 2.88. The number of aliphatic carboxylic acids is 1. The van der Waals surface area contributed by atoms with Gasteiger partial charge in [0.05, 0.1) is 6.42 Å². The van der Waals surface area contributed by atoms with Crippen LogP contribution in [-0.2, 0) is 22.4 Å². The van der Waals surface area contributed by atoms with Gasteiger partial charge in [-0.25, -0.2) is 4.79 Å². The summed E-state index contributed by atoms with van der Waals surface area (Å²) in [6.07, 6.45) is 0.358. The maximum atomic E-state index is 12.2. The molecule has 0 radical (unpaired) electrons. The number of rotatable bonds is 11. The van der Waals surface area contributed by atoms with Crippen LogP contribution in [0.5, 0.6) is 0 Å². The first kappa shape index (κ1) is 22.1. The number of halogens is 2. The minimum Gasteiger partial charge on any atom is -0.480 e. The fraction of sp³-hybridized carbons (Fsp3) is 0.333. The molecule has 2 N–H and O–H groups in total. The first-order valence-electron chi connectivity index (χ1n) is 9.05. The highest BCUT2D eigenvalue weighted by Crippen LogP contribution is 2.17. The number of carbonyl (C=O) groups excluding carboxylic acids is 1. The van der Waals surface area contributed by atoms with Crippen LogP contribution in [0.1, 0.15) is 11.1 Å². The van der Waals surface area contributed by atoms with Gasteiger partial charge in [-0.2, -0.15) is 0 Å². The van der Waals surface area contributed by atoms with Crippen molar-refractivity contribution in [2.75, 3.05) is 29.7 Å². The predicted octanol–water partition coefficient (Wildman–Crippen LogP) is 3.33. The minimum atomic E-state index is -1.06. The molecular formula is C21H24Cl2N2O3. The van der Waals surface area contributed by atoms with Crippen molar-refractivity contribution in [1.29, 1.82) is 0 Å². The topological polar surface area (TPSA) is 69.6 Å². The molecule has 28 heavy (non-hydrogen) atoms. The maximum Gasteiger partial charge on any atom is 0.326 e. The van der Waals surface area contributed by atoms with Crippen molar-refractivity contribution in [2.45, 2.75) is 18.9 Å². The van der Waals surface area contributed by atoms with Crippen LogP contribution < -0.4 is 10.2 Å². The van der Waals surface area contributed by atoms with Gasteiger partial charge in [0.25, 0.3) is 0 Å². The molecule has 0 bridgehead atoms. The molecule has 0 aliphatic carbocycles. The fourth-order valence-corrected chi connectivity index (χ4v) is 3.29. The molecule has 2 aromatic carbocycles. The Morgan fingerprint density at radius 1 is 0.929 bits per heavy atom. The van der Waals surface area contributed by atoms with Crippen LogP contribution in [0.3, 0.4) is 0 Å². The summed E-state index contributed by atoms with van der Waals surface area (Å²) in [7, 11) is 0. The molecule has 0 aliphatic rings. The summed E-state index contributed by atoms with van der Waals surface area (Å²) in [5.41, 5.74) is 2.64. The van der Waals surface area contributed by atoms with Gasteiger partial charge in [0.1, 0.15) is 6.04 Å². The molecule has 150 valence electrons. The number of alkyl halides is 2. The molecule has 0 saturated carbocycles. The van der Waals surface area contributed by atoms with E-state index in [9.17, 15) is 14.7 Å². The Hall–Kier alpha value is -2.24. The zero-order valence-electron chi connectivity index (χ0n) is 15.5. The molecule has 2 aromatic rings. The third-order valence-electron chi connectivity index (χ3n) is 4.29. The quantitative estimate of drug-likeness (QED) is 0.544. The van der Waals surface area contributed by atoms with E-state index in [1.54, 1.807) is 0 Å². The molecule has 1 amide bonds. The lowest BCUT2D eigenvalue weighted by Gasteiger charge is -2.23. The molecule has 0 spiro atoms. The number of nitrogens with one attached hydrogen (secondary N) is 1. The lowest BCUT2D eigenvalue weighted by molar-refractivity contribution is -0.141. The zero-order valence-corrected chi connectivity index (χ0v) is 17.0. The van der Waals surface area contributed by atoms with Crippen molar-refractivity contribution in [3.8, 4) is 0 Å². The van der Waals surface area contributed by atoms with E-state index < -0.39 is 12.0 Å². The zero-order chi connectivity index (χ0) is 20.4. The first-order valence-corrected chi connectivity index (χ1v) is 10.1. The van der Waals surface area contributed by atoms with Crippen molar-refractivity contribution < 1.29 is 14.7 Å². The Labute approximate surface area is 175 Å². The van der Waals surface area contributed by atoms with Crippen LogP contribution >= 0.6 is 23.2 Å². The highest BCUT2D eigenvalue weighted by molar-refractivity contribution is 6.18. The van der Waals surface area contributed by atoms with Gasteiger partial charge in [0, 0.05) is 37.0 Å². The van der Waals surface area contributed by atoms with Gasteiger partial charge >= 0.3 is 5.97 Å². The Morgan fingerprint density at radius 3 is 2.07 bits per heavy atom. The molecule has 0 saturated heterocycles.